The number of carbonyl (C=O) groups excluding carboxylic acids is 1. The van der Waals surface area contributed by atoms with Gasteiger partial charge in [-0.2, -0.15) is 0 Å². The van der Waals surface area contributed by atoms with E-state index < -0.39 is 17.9 Å². The van der Waals surface area contributed by atoms with Crippen molar-refractivity contribution in [3.05, 3.63) is 106 Å². The predicted octanol–water partition coefficient (Wildman–Crippen LogP) is 4.39. The van der Waals surface area contributed by atoms with Crippen LogP contribution in [0.5, 0.6) is 0 Å². The number of aliphatic carboxylic acids is 1. The molecule has 3 aromatic rings. The van der Waals surface area contributed by atoms with Gasteiger partial charge in [-0.1, -0.05) is 94.8 Å². The molecule has 0 aromatic heterocycles. The van der Waals surface area contributed by atoms with Crippen molar-refractivity contribution >= 4 is 27.8 Å². The molecule has 0 heterocycles. The van der Waals surface area contributed by atoms with Crippen LogP contribution in [0, 0.1) is 0 Å². The van der Waals surface area contributed by atoms with E-state index in [0.717, 1.165) is 21.2 Å². The van der Waals surface area contributed by atoms with E-state index in [2.05, 4.69) is 21.2 Å². The Morgan fingerprint density at radius 3 is 1.82 bits per heavy atom. The number of benzene rings is 3. The van der Waals surface area contributed by atoms with Crippen LogP contribution in [0.4, 0.5) is 0 Å². The highest BCUT2D eigenvalue weighted by Gasteiger charge is 2.28. The molecule has 0 unspecified atom stereocenters. The molecule has 1 amide bonds. The lowest BCUT2D eigenvalue weighted by Crippen LogP contribution is -2.44. The minimum Gasteiger partial charge on any atom is -0.480 e. The molecule has 0 aliphatic carbocycles. The maximum atomic E-state index is 13.1. The van der Waals surface area contributed by atoms with Gasteiger partial charge < -0.3 is 10.4 Å². The second kappa shape index (κ2) is 9.33. The monoisotopic (exact) mass is 437 g/mol. The van der Waals surface area contributed by atoms with E-state index in [1.807, 2.05) is 84.9 Å². The maximum Gasteiger partial charge on any atom is 0.326 e. The van der Waals surface area contributed by atoms with E-state index in [0.29, 0.717) is 0 Å². The Morgan fingerprint density at radius 2 is 1.32 bits per heavy atom. The molecule has 142 valence electrons. The highest BCUT2D eigenvalue weighted by atomic mass is 79.9. The predicted molar refractivity (Wildman–Crippen MR) is 112 cm³/mol. The van der Waals surface area contributed by atoms with Crippen LogP contribution in [0.3, 0.4) is 0 Å². The Hall–Kier alpha value is -2.92. The van der Waals surface area contributed by atoms with Crippen LogP contribution in [0.2, 0.25) is 0 Å². The number of rotatable bonds is 7. The summed E-state index contributed by atoms with van der Waals surface area (Å²) >= 11 is 3.44. The van der Waals surface area contributed by atoms with Gasteiger partial charge in [-0.3, -0.25) is 4.79 Å². The maximum absolute atomic E-state index is 13.1. The third kappa shape index (κ3) is 4.87. The van der Waals surface area contributed by atoms with Crippen LogP contribution in [-0.2, 0) is 16.0 Å². The van der Waals surface area contributed by atoms with E-state index in [9.17, 15) is 14.7 Å². The molecule has 0 fully saturated rings. The molecule has 28 heavy (non-hydrogen) atoms. The molecule has 0 bridgehead atoms. The van der Waals surface area contributed by atoms with Gasteiger partial charge in [-0.05, 0) is 22.8 Å². The smallest absolute Gasteiger partial charge is 0.326 e. The molecule has 4 nitrogen and oxygen atoms in total. The molecule has 0 spiro atoms. The first kappa shape index (κ1) is 19.8. The highest BCUT2D eigenvalue weighted by Crippen LogP contribution is 2.25. The Kier molecular flexibility index (Phi) is 6.61. The first-order valence-electron chi connectivity index (χ1n) is 8.92. The number of halogens is 1. The van der Waals surface area contributed by atoms with Gasteiger partial charge in [0.15, 0.2) is 0 Å². The Labute approximate surface area is 172 Å². The minimum atomic E-state index is -1.07. The van der Waals surface area contributed by atoms with Crippen molar-refractivity contribution in [2.75, 3.05) is 0 Å². The summed E-state index contributed by atoms with van der Waals surface area (Å²) in [6, 6.07) is 25.1. The van der Waals surface area contributed by atoms with Gasteiger partial charge in [0.1, 0.15) is 6.04 Å². The van der Waals surface area contributed by atoms with Crippen molar-refractivity contribution in [2.24, 2.45) is 0 Å². The van der Waals surface area contributed by atoms with Crippen LogP contribution >= 0.6 is 15.9 Å². The van der Waals surface area contributed by atoms with E-state index in [1.165, 1.54) is 0 Å². The zero-order valence-electron chi connectivity index (χ0n) is 15.1. The summed E-state index contributed by atoms with van der Waals surface area (Å²) in [5, 5.41) is 12.4. The van der Waals surface area contributed by atoms with Crippen molar-refractivity contribution in [1.82, 2.24) is 5.32 Å². The largest absolute Gasteiger partial charge is 0.480 e. The summed E-state index contributed by atoms with van der Waals surface area (Å²) in [6.07, 6.45) is 0.193. The normalized spacial score (nSPS) is 11.8. The van der Waals surface area contributed by atoms with Gasteiger partial charge in [0.05, 0.1) is 5.92 Å². The van der Waals surface area contributed by atoms with Crippen molar-refractivity contribution in [2.45, 2.75) is 18.4 Å². The van der Waals surface area contributed by atoms with Gasteiger partial charge >= 0.3 is 5.97 Å². The minimum absolute atomic E-state index is 0.193. The number of hydrogen-bond acceptors (Lipinski definition) is 2. The lowest BCUT2D eigenvalue weighted by atomic mass is 9.90. The van der Waals surface area contributed by atoms with Crippen molar-refractivity contribution in [1.29, 1.82) is 0 Å². The summed E-state index contributed by atoms with van der Waals surface area (Å²) in [6.45, 7) is 0. The lowest BCUT2D eigenvalue weighted by Gasteiger charge is -2.21. The van der Waals surface area contributed by atoms with Crippen LogP contribution in [-0.4, -0.2) is 23.0 Å². The molecule has 0 aliphatic heterocycles. The number of nitrogens with one attached hydrogen (secondary N) is 1. The van der Waals surface area contributed by atoms with E-state index in [4.69, 9.17) is 0 Å². The fraction of sp³-hybridized carbons (Fsp3) is 0.130. The Morgan fingerprint density at radius 1 is 0.821 bits per heavy atom. The number of carbonyl (C=O) groups is 2. The van der Waals surface area contributed by atoms with E-state index >= 15 is 0 Å². The summed E-state index contributed by atoms with van der Waals surface area (Å²) in [5.74, 6) is -1.98. The fourth-order valence-corrected chi connectivity index (χ4v) is 3.57. The van der Waals surface area contributed by atoms with Gasteiger partial charge in [-0.25, -0.2) is 4.79 Å². The lowest BCUT2D eigenvalue weighted by molar-refractivity contribution is -0.141. The number of hydrogen-bond donors (Lipinski definition) is 2. The number of carboxylic acid groups (broad SMARTS) is 1. The van der Waals surface area contributed by atoms with Gasteiger partial charge in [0, 0.05) is 10.9 Å². The zero-order chi connectivity index (χ0) is 19.9. The summed E-state index contributed by atoms with van der Waals surface area (Å²) in [4.78, 5) is 25.0. The third-order valence-electron chi connectivity index (χ3n) is 4.52. The summed E-state index contributed by atoms with van der Waals surface area (Å²) in [5.41, 5.74) is 2.46. The Bertz CT molecular complexity index is 905. The SMILES string of the molecule is O=C(N[C@@H](Cc1ccccc1Br)C(=O)O)C(c1ccccc1)c1ccccc1. The van der Waals surface area contributed by atoms with Crippen molar-refractivity contribution in [3.8, 4) is 0 Å². The van der Waals surface area contributed by atoms with Crippen LogP contribution in [0.1, 0.15) is 22.6 Å². The first-order chi connectivity index (χ1) is 13.6. The molecular weight excluding hydrogens is 418 g/mol. The van der Waals surface area contributed by atoms with Gasteiger partial charge in [0.25, 0.3) is 0 Å². The summed E-state index contributed by atoms with van der Waals surface area (Å²) < 4.78 is 0.818. The fourth-order valence-electron chi connectivity index (χ4n) is 3.13. The van der Waals surface area contributed by atoms with Crippen molar-refractivity contribution < 1.29 is 14.7 Å². The average Bonchev–Trinajstić information content (AvgIpc) is 2.71. The standard InChI is InChI=1S/C23H20BrNO3/c24-19-14-8-7-13-18(19)15-20(23(27)28)25-22(26)21(16-9-3-1-4-10-16)17-11-5-2-6-12-17/h1-14,20-21H,15H2,(H,25,26)(H,27,28)/t20-/m0/s1. The second-order valence-corrected chi connectivity index (χ2v) is 7.30. The first-order valence-corrected chi connectivity index (χ1v) is 9.72. The second-order valence-electron chi connectivity index (χ2n) is 6.45. The Balaban J connectivity index is 1.87. The van der Waals surface area contributed by atoms with Crippen LogP contribution in [0.15, 0.2) is 89.4 Å². The molecule has 5 heteroatoms. The molecule has 0 saturated carbocycles. The number of amides is 1. The summed E-state index contributed by atoms with van der Waals surface area (Å²) in [7, 11) is 0. The topological polar surface area (TPSA) is 66.4 Å². The molecule has 3 rings (SSSR count). The van der Waals surface area contributed by atoms with Crippen LogP contribution < -0.4 is 5.32 Å². The highest BCUT2D eigenvalue weighted by molar-refractivity contribution is 9.10. The number of carboxylic acids is 1. The van der Waals surface area contributed by atoms with E-state index in [1.54, 1.807) is 0 Å². The van der Waals surface area contributed by atoms with Crippen LogP contribution in [0.25, 0.3) is 0 Å². The molecule has 0 radical (unpaired) electrons. The molecule has 1 atom stereocenters. The zero-order valence-corrected chi connectivity index (χ0v) is 16.7. The molecular formula is C23H20BrNO3. The quantitative estimate of drug-likeness (QED) is 0.575. The van der Waals surface area contributed by atoms with E-state index in [-0.39, 0.29) is 12.3 Å². The molecule has 0 aliphatic rings. The molecule has 3 aromatic carbocycles. The molecule has 2 N–H and O–H groups in total. The molecule has 0 saturated heterocycles. The van der Waals surface area contributed by atoms with Gasteiger partial charge in [-0.15, -0.1) is 0 Å². The third-order valence-corrected chi connectivity index (χ3v) is 5.30. The average molecular weight is 438 g/mol. The van der Waals surface area contributed by atoms with Gasteiger partial charge in [0.2, 0.25) is 5.91 Å². The van der Waals surface area contributed by atoms with Crippen molar-refractivity contribution in [3.63, 3.8) is 0 Å².